The van der Waals surface area contributed by atoms with Gasteiger partial charge in [0.2, 0.25) is 5.91 Å². The van der Waals surface area contributed by atoms with Gasteiger partial charge in [-0.1, -0.05) is 20.8 Å². The summed E-state index contributed by atoms with van der Waals surface area (Å²) in [6.45, 7) is 8.17. The Morgan fingerprint density at radius 3 is 2.47 bits per heavy atom. The monoisotopic (exact) mass is 272 g/mol. The Morgan fingerprint density at radius 2 is 2.00 bits per heavy atom. The van der Waals surface area contributed by atoms with E-state index < -0.39 is 6.04 Å². The summed E-state index contributed by atoms with van der Waals surface area (Å²) in [5, 5.41) is 2.91. The highest BCUT2D eigenvalue weighted by molar-refractivity contribution is 5.81. The van der Waals surface area contributed by atoms with Crippen LogP contribution >= 0.6 is 0 Å². The topological polar surface area (TPSA) is 73.6 Å². The molecule has 0 aromatic heterocycles. The fourth-order valence-corrected chi connectivity index (χ4v) is 2.34. The molecular formula is C14H28N2O3. The number of nitrogens with one attached hydrogen (secondary N) is 1. The van der Waals surface area contributed by atoms with Gasteiger partial charge in [-0.25, -0.2) is 0 Å². The maximum absolute atomic E-state index is 12.1. The molecular weight excluding hydrogens is 244 g/mol. The molecule has 1 amide bonds. The summed E-state index contributed by atoms with van der Waals surface area (Å²) in [6, 6.07) is -0.443. The Kier molecular flexibility index (Phi) is 6.23. The number of carbonyl (C=O) groups is 1. The van der Waals surface area contributed by atoms with E-state index in [1.807, 2.05) is 0 Å². The molecule has 5 heteroatoms. The van der Waals surface area contributed by atoms with Crippen LogP contribution in [0.25, 0.3) is 0 Å². The Morgan fingerprint density at radius 1 is 1.42 bits per heavy atom. The molecule has 5 nitrogen and oxygen atoms in total. The van der Waals surface area contributed by atoms with Crippen LogP contribution in [0.1, 0.15) is 33.6 Å². The van der Waals surface area contributed by atoms with Crippen LogP contribution in [0, 0.1) is 11.3 Å². The molecule has 2 atom stereocenters. The average Bonchev–Trinajstić information content (AvgIpc) is 2.37. The predicted molar refractivity (Wildman–Crippen MR) is 74.8 cm³/mol. The second-order valence-electron chi connectivity index (χ2n) is 6.31. The predicted octanol–water partition coefficient (Wildman–Crippen LogP) is 0.918. The zero-order valence-corrected chi connectivity index (χ0v) is 12.6. The lowest BCUT2D eigenvalue weighted by Crippen LogP contribution is -2.50. The van der Waals surface area contributed by atoms with Crippen molar-refractivity contribution in [3.8, 4) is 0 Å². The minimum atomic E-state index is -0.443. The normalized spacial score (nSPS) is 20.9. The summed E-state index contributed by atoms with van der Waals surface area (Å²) in [5.41, 5.74) is 6.01. The summed E-state index contributed by atoms with van der Waals surface area (Å²) in [6.07, 6.45) is 1.71. The number of hydrogen-bond donors (Lipinski definition) is 2. The molecule has 2 unspecified atom stereocenters. The highest BCUT2D eigenvalue weighted by Crippen LogP contribution is 2.21. The number of methoxy groups -OCH3 is 1. The Labute approximate surface area is 116 Å². The number of amides is 1. The third-order valence-electron chi connectivity index (χ3n) is 3.79. The highest BCUT2D eigenvalue weighted by atomic mass is 16.5. The van der Waals surface area contributed by atoms with Crippen molar-refractivity contribution in [3.05, 3.63) is 0 Å². The molecule has 1 aliphatic rings. The first-order valence-corrected chi connectivity index (χ1v) is 7.00. The van der Waals surface area contributed by atoms with E-state index in [0.29, 0.717) is 19.8 Å². The van der Waals surface area contributed by atoms with Crippen LogP contribution in [0.15, 0.2) is 0 Å². The third-order valence-corrected chi connectivity index (χ3v) is 3.79. The average molecular weight is 272 g/mol. The molecule has 19 heavy (non-hydrogen) atoms. The van der Waals surface area contributed by atoms with Crippen molar-refractivity contribution in [3.63, 3.8) is 0 Å². The molecule has 112 valence electrons. The van der Waals surface area contributed by atoms with E-state index in [2.05, 4.69) is 26.1 Å². The van der Waals surface area contributed by atoms with Crippen molar-refractivity contribution in [2.75, 3.05) is 26.9 Å². The Bertz CT molecular complexity index is 283. The van der Waals surface area contributed by atoms with Crippen molar-refractivity contribution in [2.45, 2.75) is 45.8 Å². The van der Waals surface area contributed by atoms with Crippen molar-refractivity contribution in [2.24, 2.45) is 17.1 Å². The maximum Gasteiger partial charge on any atom is 0.237 e. The van der Waals surface area contributed by atoms with Crippen LogP contribution in [-0.2, 0) is 14.3 Å². The fraction of sp³-hybridized carbons (Fsp3) is 0.929. The second-order valence-corrected chi connectivity index (χ2v) is 6.31. The molecule has 1 aliphatic heterocycles. The van der Waals surface area contributed by atoms with E-state index in [4.69, 9.17) is 15.2 Å². The van der Waals surface area contributed by atoms with Gasteiger partial charge in [-0.05, 0) is 24.2 Å². The molecule has 0 aromatic carbocycles. The van der Waals surface area contributed by atoms with Crippen molar-refractivity contribution < 1.29 is 14.3 Å². The van der Waals surface area contributed by atoms with Gasteiger partial charge in [0.15, 0.2) is 0 Å². The lowest BCUT2D eigenvalue weighted by Gasteiger charge is -2.31. The van der Waals surface area contributed by atoms with E-state index in [1.54, 1.807) is 7.11 Å². The molecule has 0 radical (unpaired) electrons. The molecule has 0 aromatic rings. The lowest BCUT2D eigenvalue weighted by molar-refractivity contribution is -0.125. The molecule has 3 N–H and O–H groups in total. The van der Waals surface area contributed by atoms with Gasteiger partial charge in [-0.2, -0.15) is 0 Å². The van der Waals surface area contributed by atoms with Crippen LogP contribution in [0.3, 0.4) is 0 Å². The van der Waals surface area contributed by atoms with Crippen LogP contribution in [-0.4, -0.2) is 44.9 Å². The van der Waals surface area contributed by atoms with Crippen LogP contribution < -0.4 is 11.1 Å². The van der Waals surface area contributed by atoms with Crippen LogP contribution in [0.5, 0.6) is 0 Å². The van der Waals surface area contributed by atoms with Crippen molar-refractivity contribution in [1.82, 2.24) is 5.32 Å². The molecule has 0 saturated carbocycles. The summed E-state index contributed by atoms with van der Waals surface area (Å²) in [5.74, 6) is 0.141. The van der Waals surface area contributed by atoms with E-state index >= 15 is 0 Å². The summed E-state index contributed by atoms with van der Waals surface area (Å²) >= 11 is 0. The van der Waals surface area contributed by atoms with Gasteiger partial charge in [0, 0.05) is 26.9 Å². The maximum atomic E-state index is 12.1. The third kappa shape index (κ3) is 5.09. The number of ether oxygens (including phenoxy) is 2. The zero-order chi connectivity index (χ0) is 14.5. The minimum Gasteiger partial charge on any atom is -0.381 e. The van der Waals surface area contributed by atoms with Gasteiger partial charge in [-0.15, -0.1) is 0 Å². The lowest BCUT2D eigenvalue weighted by atomic mass is 9.88. The molecule has 1 saturated heterocycles. The fourth-order valence-electron chi connectivity index (χ4n) is 2.34. The first kappa shape index (κ1) is 16.4. The molecule has 0 bridgehead atoms. The number of nitrogens with two attached hydrogens (primary N) is 1. The molecule has 1 heterocycles. The second kappa shape index (κ2) is 7.22. The Balaban J connectivity index is 2.41. The zero-order valence-electron chi connectivity index (χ0n) is 12.6. The number of hydrogen-bond acceptors (Lipinski definition) is 4. The van der Waals surface area contributed by atoms with Crippen LogP contribution in [0.4, 0.5) is 0 Å². The quantitative estimate of drug-likeness (QED) is 0.780. The van der Waals surface area contributed by atoms with Gasteiger partial charge in [0.1, 0.15) is 0 Å². The Hall–Kier alpha value is -0.650. The molecule has 0 aliphatic carbocycles. The smallest absolute Gasteiger partial charge is 0.237 e. The highest BCUT2D eigenvalue weighted by Gasteiger charge is 2.29. The molecule has 1 rings (SSSR count). The van der Waals surface area contributed by atoms with Crippen LogP contribution in [0.2, 0.25) is 0 Å². The standard InChI is InChI=1S/C14H28N2O3/c1-14(2,3)11(18-4)9-16-13(17)12(15)10-5-7-19-8-6-10/h10-12H,5-9,15H2,1-4H3,(H,16,17). The van der Waals surface area contributed by atoms with Crippen molar-refractivity contribution in [1.29, 1.82) is 0 Å². The van der Waals surface area contributed by atoms with Gasteiger partial charge in [0.05, 0.1) is 12.1 Å². The van der Waals surface area contributed by atoms with Crippen molar-refractivity contribution >= 4 is 5.91 Å². The minimum absolute atomic E-state index is 0.00912. The van der Waals surface area contributed by atoms with E-state index in [1.165, 1.54) is 0 Å². The van der Waals surface area contributed by atoms with Gasteiger partial charge in [0.25, 0.3) is 0 Å². The largest absolute Gasteiger partial charge is 0.381 e. The SMILES string of the molecule is COC(CNC(=O)C(N)C1CCOCC1)C(C)(C)C. The molecule has 1 fully saturated rings. The van der Waals surface area contributed by atoms with Gasteiger partial charge in [-0.3, -0.25) is 4.79 Å². The summed E-state index contributed by atoms with van der Waals surface area (Å²) in [4.78, 5) is 12.1. The first-order valence-electron chi connectivity index (χ1n) is 7.00. The first-order chi connectivity index (χ1) is 8.86. The number of rotatable bonds is 5. The van der Waals surface area contributed by atoms with Gasteiger partial charge < -0.3 is 20.5 Å². The summed E-state index contributed by atoms with van der Waals surface area (Å²) < 4.78 is 10.7. The number of carbonyl (C=O) groups excluding carboxylic acids is 1. The van der Waals surface area contributed by atoms with Gasteiger partial charge >= 0.3 is 0 Å². The molecule has 0 spiro atoms. The van der Waals surface area contributed by atoms with E-state index in [0.717, 1.165) is 12.8 Å². The van der Waals surface area contributed by atoms with E-state index in [9.17, 15) is 4.79 Å². The summed E-state index contributed by atoms with van der Waals surface area (Å²) in [7, 11) is 1.67. The van der Waals surface area contributed by atoms with E-state index in [-0.39, 0.29) is 23.3 Å².